The first kappa shape index (κ1) is 19.4. The van der Waals surface area contributed by atoms with E-state index in [1.165, 1.54) is 28.9 Å². The number of tetrazole rings is 1. The highest BCUT2D eigenvalue weighted by Gasteiger charge is 2.31. The predicted molar refractivity (Wildman–Crippen MR) is 118 cm³/mol. The number of nitrogens with zero attached hydrogens (tertiary/aromatic N) is 5. The minimum atomic E-state index is -0.245. The fourth-order valence-electron chi connectivity index (χ4n) is 4.39. The van der Waals surface area contributed by atoms with Gasteiger partial charge >= 0.3 is 0 Å². The fourth-order valence-corrected chi connectivity index (χ4v) is 4.39. The van der Waals surface area contributed by atoms with Crippen LogP contribution < -0.4 is 4.90 Å². The van der Waals surface area contributed by atoms with E-state index < -0.39 is 0 Å². The van der Waals surface area contributed by atoms with E-state index in [-0.39, 0.29) is 11.9 Å². The number of aromatic nitrogens is 4. The maximum Gasteiger partial charge on any atom is 0.178 e. The van der Waals surface area contributed by atoms with Crippen molar-refractivity contribution in [2.24, 2.45) is 0 Å². The van der Waals surface area contributed by atoms with Crippen LogP contribution in [0.2, 0.25) is 0 Å². The Morgan fingerprint density at radius 1 is 0.903 bits per heavy atom. The molecule has 2 heterocycles. The van der Waals surface area contributed by atoms with Gasteiger partial charge in [0.25, 0.3) is 0 Å². The van der Waals surface area contributed by atoms with E-state index >= 15 is 0 Å². The third-order valence-electron chi connectivity index (χ3n) is 5.90. The molecule has 0 saturated carbocycles. The molecular formula is C25H24FN5. The highest BCUT2D eigenvalue weighted by atomic mass is 19.1. The molecule has 31 heavy (non-hydrogen) atoms. The first-order valence-electron chi connectivity index (χ1n) is 10.7. The molecule has 0 amide bonds. The smallest absolute Gasteiger partial charge is 0.178 e. The van der Waals surface area contributed by atoms with Crippen molar-refractivity contribution in [3.63, 3.8) is 0 Å². The zero-order chi connectivity index (χ0) is 21.0. The second-order valence-corrected chi connectivity index (χ2v) is 7.88. The molecule has 0 aliphatic carbocycles. The SMILES string of the molecule is Fc1ccc([C@H](c2nnnn2CCc2ccccc2)N2CCCc3ccccc32)cc1. The molecule has 0 bridgehead atoms. The average molecular weight is 414 g/mol. The van der Waals surface area contributed by atoms with Crippen molar-refractivity contribution in [2.45, 2.75) is 31.8 Å². The van der Waals surface area contributed by atoms with Crippen molar-refractivity contribution in [2.75, 3.05) is 11.4 Å². The second-order valence-electron chi connectivity index (χ2n) is 7.88. The Bertz CT molecular complexity index is 1140. The van der Waals surface area contributed by atoms with Gasteiger partial charge < -0.3 is 4.90 Å². The first-order valence-corrected chi connectivity index (χ1v) is 10.7. The van der Waals surface area contributed by atoms with Crippen LogP contribution in [-0.4, -0.2) is 26.8 Å². The van der Waals surface area contributed by atoms with E-state index in [4.69, 9.17) is 0 Å². The van der Waals surface area contributed by atoms with Crippen molar-refractivity contribution >= 4 is 5.69 Å². The highest BCUT2D eigenvalue weighted by Crippen LogP contribution is 2.37. The molecule has 0 fully saturated rings. The Morgan fingerprint density at radius 3 is 2.52 bits per heavy atom. The van der Waals surface area contributed by atoms with Crippen molar-refractivity contribution in [1.82, 2.24) is 20.2 Å². The van der Waals surface area contributed by atoms with Gasteiger partial charge in [0.1, 0.15) is 11.9 Å². The van der Waals surface area contributed by atoms with Crippen LogP contribution in [0.3, 0.4) is 0 Å². The van der Waals surface area contributed by atoms with Crippen LogP contribution in [0, 0.1) is 5.82 Å². The Hall–Kier alpha value is -3.54. The summed E-state index contributed by atoms with van der Waals surface area (Å²) in [6.45, 7) is 1.57. The molecule has 0 saturated heterocycles. The van der Waals surface area contributed by atoms with E-state index in [1.807, 2.05) is 35.0 Å². The molecule has 5 rings (SSSR count). The standard InChI is InChI=1S/C25H24FN5/c26-22-14-12-21(13-15-22)24(30-17-6-10-20-9-4-5-11-23(20)30)25-27-28-29-31(25)18-16-19-7-2-1-3-8-19/h1-5,7-9,11-15,24H,6,10,16-18H2/t24-/m1/s1. The molecule has 1 atom stereocenters. The summed E-state index contributed by atoms with van der Waals surface area (Å²) in [7, 11) is 0. The van der Waals surface area contributed by atoms with Gasteiger partial charge in [0.2, 0.25) is 0 Å². The lowest BCUT2D eigenvalue weighted by molar-refractivity contribution is 0.527. The van der Waals surface area contributed by atoms with Crippen molar-refractivity contribution < 1.29 is 4.39 Å². The van der Waals surface area contributed by atoms with Gasteiger partial charge in [0, 0.05) is 18.8 Å². The largest absolute Gasteiger partial charge is 0.357 e. The molecule has 0 N–H and O–H groups in total. The summed E-state index contributed by atoms with van der Waals surface area (Å²) in [5.74, 6) is 0.532. The molecule has 1 aliphatic heterocycles. The van der Waals surface area contributed by atoms with Gasteiger partial charge in [-0.2, -0.15) is 0 Å². The molecule has 4 aromatic rings. The molecule has 0 unspecified atom stereocenters. The van der Waals surface area contributed by atoms with E-state index in [0.717, 1.165) is 37.2 Å². The van der Waals surface area contributed by atoms with Crippen LogP contribution in [0.25, 0.3) is 0 Å². The van der Waals surface area contributed by atoms with Crippen molar-refractivity contribution in [1.29, 1.82) is 0 Å². The van der Waals surface area contributed by atoms with E-state index in [2.05, 4.69) is 56.8 Å². The molecule has 6 heteroatoms. The van der Waals surface area contributed by atoms with Crippen LogP contribution in [0.15, 0.2) is 78.9 Å². The quantitative estimate of drug-likeness (QED) is 0.464. The summed E-state index contributed by atoms with van der Waals surface area (Å²) < 4.78 is 15.6. The Labute approximate surface area is 181 Å². The number of anilines is 1. The minimum absolute atomic E-state index is 0.187. The molecular weight excluding hydrogens is 389 g/mol. The Kier molecular flexibility index (Phi) is 5.44. The number of hydrogen-bond acceptors (Lipinski definition) is 4. The van der Waals surface area contributed by atoms with Crippen LogP contribution >= 0.6 is 0 Å². The zero-order valence-electron chi connectivity index (χ0n) is 17.2. The number of rotatable bonds is 6. The molecule has 156 valence electrons. The van der Waals surface area contributed by atoms with Gasteiger partial charge in [-0.05, 0) is 64.6 Å². The molecule has 0 radical (unpaired) electrons. The monoisotopic (exact) mass is 413 g/mol. The maximum atomic E-state index is 13.7. The molecule has 0 spiro atoms. The summed E-state index contributed by atoms with van der Waals surface area (Å²) in [4.78, 5) is 2.36. The lowest BCUT2D eigenvalue weighted by Crippen LogP contribution is -2.36. The minimum Gasteiger partial charge on any atom is -0.357 e. The number of aryl methyl sites for hydroxylation is 3. The third-order valence-corrected chi connectivity index (χ3v) is 5.90. The maximum absolute atomic E-state index is 13.7. The number of hydrogen-bond donors (Lipinski definition) is 0. The van der Waals surface area contributed by atoms with Crippen molar-refractivity contribution in [3.8, 4) is 0 Å². The normalized spacial score (nSPS) is 14.3. The summed E-state index contributed by atoms with van der Waals surface area (Å²) in [6, 6.07) is 25.3. The van der Waals surface area contributed by atoms with Gasteiger partial charge in [-0.25, -0.2) is 9.07 Å². The molecule has 3 aromatic carbocycles. The second kappa shape index (κ2) is 8.68. The molecule has 5 nitrogen and oxygen atoms in total. The lowest BCUT2D eigenvalue weighted by Gasteiger charge is -2.37. The first-order chi connectivity index (χ1) is 15.3. The Morgan fingerprint density at radius 2 is 1.68 bits per heavy atom. The average Bonchev–Trinajstić information content (AvgIpc) is 3.28. The summed E-state index contributed by atoms with van der Waals surface area (Å²) in [6.07, 6.45) is 2.95. The lowest BCUT2D eigenvalue weighted by atomic mass is 9.96. The summed E-state index contributed by atoms with van der Waals surface area (Å²) in [5.41, 5.74) is 4.74. The number of para-hydroxylation sites is 1. The number of halogens is 1. The van der Waals surface area contributed by atoms with Gasteiger partial charge in [0.05, 0.1) is 0 Å². The van der Waals surface area contributed by atoms with Gasteiger partial charge in [-0.3, -0.25) is 0 Å². The van der Waals surface area contributed by atoms with Crippen LogP contribution in [0.4, 0.5) is 10.1 Å². The highest BCUT2D eigenvalue weighted by molar-refractivity contribution is 5.58. The number of fused-ring (bicyclic) bond motifs is 1. The van der Waals surface area contributed by atoms with Gasteiger partial charge in [0.15, 0.2) is 5.82 Å². The van der Waals surface area contributed by atoms with Crippen molar-refractivity contribution in [3.05, 3.63) is 107 Å². The number of benzene rings is 3. The molecule has 1 aromatic heterocycles. The summed E-state index contributed by atoms with van der Waals surface area (Å²) in [5, 5.41) is 12.8. The van der Waals surface area contributed by atoms with Gasteiger partial charge in [-0.1, -0.05) is 60.7 Å². The predicted octanol–water partition coefficient (Wildman–Crippen LogP) is 4.60. The van der Waals surface area contributed by atoms with E-state index in [1.54, 1.807) is 0 Å². The zero-order valence-corrected chi connectivity index (χ0v) is 17.2. The fraction of sp³-hybridized carbons (Fsp3) is 0.240. The van der Waals surface area contributed by atoms with E-state index in [9.17, 15) is 4.39 Å². The van der Waals surface area contributed by atoms with Crippen LogP contribution in [0.5, 0.6) is 0 Å². The molecule has 1 aliphatic rings. The summed E-state index contributed by atoms with van der Waals surface area (Å²) >= 11 is 0. The van der Waals surface area contributed by atoms with Crippen LogP contribution in [-0.2, 0) is 19.4 Å². The van der Waals surface area contributed by atoms with Gasteiger partial charge in [-0.15, -0.1) is 5.10 Å². The van der Waals surface area contributed by atoms with Crippen LogP contribution in [0.1, 0.15) is 35.0 Å². The third kappa shape index (κ3) is 4.06. The Balaban J connectivity index is 1.54. The van der Waals surface area contributed by atoms with E-state index in [0.29, 0.717) is 6.54 Å². The topological polar surface area (TPSA) is 46.8 Å².